The van der Waals surface area contributed by atoms with E-state index in [1.54, 1.807) is 0 Å². The van der Waals surface area contributed by atoms with Gasteiger partial charge in [0.15, 0.2) is 12.1 Å². The number of carbonyl (C=O) groups excluding carboxylic acids is 1. The summed E-state index contributed by atoms with van der Waals surface area (Å²) in [5.74, 6) is 0.974. The van der Waals surface area contributed by atoms with Crippen LogP contribution in [0.5, 0.6) is 5.75 Å². The van der Waals surface area contributed by atoms with E-state index in [0.717, 1.165) is 43.8 Å². The molecule has 4 atom stereocenters. The summed E-state index contributed by atoms with van der Waals surface area (Å²) in [5, 5.41) is 7.70. The largest absolute Gasteiger partial charge is 0.478 e. The molecule has 1 aromatic rings. The van der Waals surface area contributed by atoms with Gasteiger partial charge in [-0.2, -0.15) is 0 Å². The second kappa shape index (κ2) is 10.1. The van der Waals surface area contributed by atoms with Gasteiger partial charge >= 0.3 is 0 Å². The SMILES string of the molecule is C[C@@H]1CCC[C@H](C)N1CCCCCN1C(=O)C(C2CCN(C(=N)N)C2)Oc2ccccc21. The molecule has 1 aromatic carbocycles. The van der Waals surface area contributed by atoms with Gasteiger partial charge in [0.1, 0.15) is 5.75 Å². The Kier molecular flexibility index (Phi) is 7.23. The molecule has 3 heterocycles. The van der Waals surface area contributed by atoms with Crippen molar-refractivity contribution in [3.05, 3.63) is 24.3 Å². The highest BCUT2D eigenvalue weighted by Crippen LogP contribution is 2.37. The van der Waals surface area contributed by atoms with Gasteiger partial charge in [-0.25, -0.2) is 0 Å². The minimum atomic E-state index is -0.496. The fraction of sp³-hybridized carbons (Fsp3) is 0.680. The summed E-state index contributed by atoms with van der Waals surface area (Å²) in [6, 6.07) is 9.24. The maximum Gasteiger partial charge on any atom is 0.268 e. The van der Waals surface area contributed by atoms with Gasteiger partial charge in [0.2, 0.25) is 0 Å². The van der Waals surface area contributed by atoms with Crippen LogP contribution in [0.15, 0.2) is 24.3 Å². The number of piperidine rings is 1. The number of hydrogen-bond acceptors (Lipinski definition) is 4. The van der Waals surface area contributed by atoms with Crippen LogP contribution in [-0.2, 0) is 4.79 Å². The van der Waals surface area contributed by atoms with Crippen molar-refractivity contribution < 1.29 is 9.53 Å². The monoisotopic (exact) mass is 441 g/mol. The van der Waals surface area contributed by atoms with E-state index in [1.165, 1.54) is 25.7 Å². The van der Waals surface area contributed by atoms with Gasteiger partial charge in [-0.05, 0) is 64.6 Å². The summed E-state index contributed by atoms with van der Waals surface area (Å²) in [6.45, 7) is 7.91. The minimum absolute atomic E-state index is 0.0531. The first kappa shape index (κ1) is 22.9. The quantitative estimate of drug-likeness (QED) is 0.385. The summed E-state index contributed by atoms with van der Waals surface area (Å²) < 4.78 is 6.18. The van der Waals surface area contributed by atoms with Crippen LogP contribution in [0, 0.1) is 11.3 Å². The standard InChI is InChI=1S/C25H39N5O2/c1-18-9-8-10-19(2)29(18)14-6-3-7-15-30-21-11-4-5-12-22(21)32-23(24(30)31)20-13-16-28(17-20)25(26)27/h4-5,11-12,18-20,23H,3,6-10,13-17H2,1-2H3,(H3,26,27)/t18-,19+,20?,23?. The molecule has 0 aromatic heterocycles. The van der Waals surface area contributed by atoms with Gasteiger partial charge in [-0.3, -0.25) is 15.1 Å². The van der Waals surface area contributed by atoms with E-state index >= 15 is 0 Å². The van der Waals surface area contributed by atoms with Crippen LogP contribution in [0.2, 0.25) is 0 Å². The summed E-state index contributed by atoms with van der Waals surface area (Å²) >= 11 is 0. The van der Waals surface area contributed by atoms with E-state index in [1.807, 2.05) is 34.1 Å². The van der Waals surface area contributed by atoms with Crippen LogP contribution in [0.3, 0.4) is 0 Å². The molecule has 2 fully saturated rings. The molecule has 3 aliphatic rings. The molecule has 0 spiro atoms. The van der Waals surface area contributed by atoms with Gasteiger partial charge in [0.25, 0.3) is 5.91 Å². The van der Waals surface area contributed by atoms with Crippen molar-refractivity contribution in [2.24, 2.45) is 11.7 Å². The van der Waals surface area contributed by atoms with Gasteiger partial charge in [0.05, 0.1) is 5.69 Å². The number of ether oxygens (including phenoxy) is 1. The lowest BCUT2D eigenvalue weighted by atomic mass is 9.97. The number of nitrogens with one attached hydrogen (secondary N) is 1. The molecule has 176 valence electrons. The Bertz CT molecular complexity index is 805. The molecule has 3 N–H and O–H groups in total. The Morgan fingerprint density at radius 1 is 1.09 bits per heavy atom. The highest BCUT2D eigenvalue weighted by molar-refractivity contribution is 6.00. The van der Waals surface area contributed by atoms with E-state index in [0.29, 0.717) is 25.2 Å². The zero-order chi connectivity index (χ0) is 22.7. The topological polar surface area (TPSA) is 85.9 Å². The molecule has 0 aliphatic carbocycles. The van der Waals surface area contributed by atoms with Crippen molar-refractivity contribution in [2.75, 3.05) is 31.1 Å². The van der Waals surface area contributed by atoms with Crippen LogP contribution in [0.4, 0.5) is 5.69 Å². The first-order valence-corrected chi connectivity index (χ1v) is 12.4. The first-order chi connectivity index (χ1) is 15.5. The van der Waals surface area contributed by atoms with Gasteiger partial charge < -0.3 is 20.3 Å². The number of fused-ring (bicyclic) bond motifs is 1. The molecular formula is C25H39N5O2. The Morgan fingerprint density at radius 2 is 1.81 bits per heavy atom. The Hall–Kier alpha value is -2.28. The normalized spacial score (nSPS) is 28.5. The van der Waals surface area contributed by atoms with Crippen molar-refractivity contribution in [1.29, 1.82) is 5.41 Å². The first-order valence-electron chi connectivity index (χ1n) is 12.4. The average molecular weight is 442 g/mol. The Balaban J connectivity index is 1.34. The van der Waals surface area contributed by atoms with Crippen LogP contribution >= 0.6 is 0 Å². The number of benzene rings is 1. The number of hydrogen-bond donors (Lipinski definition) is 2. The highest BCUT2D eigenvalue weighted by atomic mass is 16.5. The number of anilines is 1. The lowest BCUT2D eigenvalue weighted by Crippen LogP contribution is -2.50. The molecule has 3 aliphatic heterocycles. The number of guanidine groups is 1. The number of amides is 1. The molecule has 2 saturated heterocycles. The average Bonchev–Trinajstić information content (AvgIpc) is 3.27. The molecule has 1 amide bonds. The number of unbranched alkanes of at least 4 members (excludes halogenated alkanes) is 2. The van der Waals surface area contributed by atoms with Crippen molar-refractivity contribution >= 4 is 17.6 Å². The molecule has 7 heteroatoms. The molecule has 0 radical (unpaired) electrons. The maximum absolute atomic E-state index is 13.4. The fourth-order valence-corrected chi connectivity index (χ4v) is 5.68. The predicted octanol–water partition coefficient (Wildman–Crippen LogP) is 3.43. The van der Waals surface area contributed by atoms with Crippen LogP contribution in [-0.4, -0.2) is 66.0 Å². The summed E-state index contributed by atoms with van der Waals surface area (Å²) in [7, 11) is 0. The third-order valence-corrected chi connectivity index (χ3v) is 7.59. The number of nitrogens with zero attached hydrogens (tertiary/aromatic N) is 3. The van der Waals surface area contributed by atoms with Crippen molar-refractivity contribution in [3.63, 3.8) is 0 Å². The third kappa shape index (κ3) is 4.87. The second-order valence-electron chi connectivity index (χ2n) is 9.80. The van der Waals surface area contributed by atoms with Crippen LogP contribution in [0.1, 0.15) is 58.8 Å². The molecule has 7 nitrogen and oxygen atoms in total. The summed E-state index contributed by atoms with van der Waals surface area (Å²) in [4.78, 5) is 19.9. The number of rotatable bonds is 7. The number of para-hydroxylation sites is 2. The van der Waals surface area contributed by atoms with Gasteiger partial charge in [0, 0.05) is 37.6 Å². The van der Waals surface area contributed by atoms with E-state index < -0.39 is 6.10 Å². The zero-order valence-electron chi connectivity index (χ0n) is 19.6. The number of nitrogens with two attached hydrogens (primary N) is 1. The summed E-state index contributed by atoms with van der Waals surface area (Å²) in [6.07, 6.45) is 7.59. The Labute approximate surface area is 192 Å². The van der Waals surface area contributed by atoms with Crippen LogP contribution < -0.4 is 15.4 Å². The molecule has 2 unspecified atom stereocenters. The zero-order valence-corrected chi connectivity index (χ0v) is 19.6. The lowest BCUT2D eigenvalue weighted by Gasteiger charge is -2.39. The minimum Gasteiger partial charge on any atom is -0.478 e. The Morgan fingerprint density at radius 3 is 2.53 bits per heavy atom. The molecule has 32 heavy (non-hydrogen) atoms. The molecule has 0 bridgehead atoms. The van der Waals surface area contributed by atoms with E-state index in [2.05, 4.69) is 18.7 Å². The number of likely N-dealkylation sites (tertiary alicyclic amines) is 2. The maximum atomic E-state index is 13.4. The molecule has 4 rings (SSSR count). The molecule has 0 saturated carbocycles. The van der Waals surface area contributed by atoms with E-state index in [-0.39, 0.29) is 17.8 Å². The predicted molar refractivity (Wildman–Crippen MR) is 128 cm³/mol. The summed E-state index contributed by atoms with van der Waals surface area (Å²) in [5.41, 5.74) is 6.55. The van der Waals surface area contributed by atoms with E-state index in [9.17, 15) is 4.79 Å². The van der Waals surface area contributed by atoms with Crippen LogP contribution in [0.25, 0.3) is 0 Å². The van der Waals surface area contributed by atoms with Crippen molar-refractivity contribution in [1.82, 2.24) is 9.80 Å². The van der Waals surface area contributed by atoms with Crippen molar-refractivity contribution in [2.45, 2.75) is 77.0 Å². The van der Waals surface area contributed by atoms with Gasteiger partial charge in [-0.1, -0.05) is 25.0 Å². The lowest BCUT2D eigenvalue weighted by molar-refractivity contribution is -0.128. The molecular weight excluding hydrogens is 402 g/mol. The van der Waals surface area contributed by atoms with E-state index in [4.69, 9.17) is 15.9 Å². The number of carbonyl (C=O) groups is 1. The second-order valence-corrected chi connectivity index (χ2v) is 9.80. The smallest absolute Gasteiger partial charge is 0.268 e. The third-order valence-electron chi connectivity index (χ3n) is 7.59. The van der Waals surface area contributed by atoms with Crippen molar-refractivity contribution in [3.8, 4) is 5.75 Å². The highest BCUT2D eigenvalue weighted by Gasteiger charge is 2.42. The van der Waals surface area contributed by atoms with Gasteiger partial charge in [-0.15, -0.1) is 0 Å². The fourth-order valence-electron chi connectivity index (χ4n) is 5.68.